The molecule has 0 radical (unpaired) electrons. The quantitative estimate of drug-likeness (QED) is 0.108. The molecule has 0 amide bonds. The lowest BCUT2D eigenvalue weighted by molar-refractivity contribution is -0.599. The Morgan fingerprint density at radius 1 is 0.525 bits per heavy atom. The molecule has 0 aliphatic rings. The zero-order chi connectivity index (χ0) is 40.9. The molecule has 5 heteroatoms. The Hall–Kier alpha value is -6.72. The summed E-state index contributed by atoms with van der Waals surface area (Å²) in [6.45, 7) is 15.9. The molecule has 6 aromatic carbocycles. The van der Waals surface area contributed by atoms with E-state index >= 15 is 0 Å². The van der Waals surface area contributed by atoms with Gasteiger partial charge in [0.1, 0.15) is 17.3 Å². The maximum atomic E-state index is 6.67. The molecule has 9 rings (SSSR count). The highest BCUT2D eigenvalue weighted by Gasteiger charge is 2.26. The second kappa shape index (κ2) is 14.6. The van der Waals surface area contributed by atoms with Crippen molar-refractivity contribution in [1.82, 2.24) is 14.1 Å². The molecular weight excluding hydrogens is 721 g/mol. The molecule has 9 aromatic rings. The van der Waals surface area contributed by atoms with Gasteiger partial charge in [0.15, 0.2) is 0 Å². The van der Waals surface area contributed by atoms with Crippen molar-refractivity contribution in [3.8, 4) is 28.7 Å². The third-order valence-corrected chi connectivity index (χ3v) is 12.0. The summed E-state index contributed by atoms with van der Waals surface area (Å²) in [6, 6.07) is 55.9. The first-order valence-corrected chi connectivity index (χ1v) is 20.4. The number of aromatic nitrogens is 4. The molecular formula is C54H50N4O. The van der Waals surface area contributed by atoms with Gasteiger partial charge < -0.3 is 4.74 Å². The van der Waals surface area contributed by atoms with Crippen LogP contribution >= 0.6 is 0 Å². The van der Waals surface area contributed by atoms with Gasteiger partial charge in [0, 0.05) is 46.3 Å². The fourth-order valence-corrected chi connectivity index (χ4v) is 8.23. The summed E-state index contributed by atoms with van der Waals surface area (Å²) in [5.41, 5.74) is 10.1. The summed E-state index contributed by atoms with van der Waals surface area (Å²) in [4.78, 5) is 4.97. The first-order valence-electron chi connectivity index (χ1n) is 20.4. The number of hydrogen-bond acceptors (Lipinski definition) is 2. The van der Waals surface area contributed by atoms with Crippen LogP contribution < -0.4 is 9.30 Å². The first-order chi connectivity index (χ1) is 28.4. The maximum Gasteiger partial charge on any atom is 0.268 e. The van der Waals surface area contributed by atoms with E-state index in [1.165, 1.54) is 33.2 Å². The van der Waals surface area contributed by atoms with Gasteiger partial charge in [-0.15, -0.1) is 0 Å². The van der Waals surface area contributed by atoms with Gasteiger partial charge in [-0.1, -0.05) is 139 Å². The van der Waals surface area contributed by atoms with Crippen LogP contribution in [0.2, 0.25) is 0 Å². The Kier molecular flexibility index (Phi) is 9.35. The summed E-state index contributed by atoms with van der Waals surface area (Å²) in [6.07, 6.45) is 9.54. The van der Waals surface area contributed by atoms with Gasteiger partial charge in [0.2, 0.25) is 0 Å². The molecule has 0 fully saturated rings. The topological polar surface area (TPSA) is 35.9 Å². The predicted molar refractivity (Wildman–Crippen MR) is 241 cm³/mol. The molecule has 0 atom stereocenters. The standard InChI is InChI=1S/C54H50N4O/c1-52(2,3)40-28-29-55-51(34-40)58-49-33-42(54(6,7)39-18-12-9-13-19-39)24-26-47(49)48-27-25-46(36-50(48)58)59-45-23-15-22-44(35-45)57-31-30-56(37-57)43-21-14-20-41(32-43)53(4,5)38-16-10-8-11-17-38/h8-36H,1-7H3. The molecule has 0 aliphatic heterocycles. The fraction of sp³-hybridized carbons (Fsp3) is 0.185. The summed E-state index contributed by atoms with van der Waals surface area (Å²) in [5, 5.41) is 2.32. The lowest BCUT2D eigenvalue weighted by Gasteiger charge is -2.26. The van der Waals surface area contributed by atoms with Crippen molar-refractivity contribution < 1.29 is 9.30 Å². The molecule has 5 nitrogen and oxygen atoms in total. The normalized spacial score (nSPS) is 12.3. The summed E-state index contributed by atoms with van der Waals surface area (Å²) < 4.78 is 13.0. The van der Waals surface area contributed by atoms with Crippen LogP contribution in [0.5, 0.6) is 11.5 Å². The van der Waals surface area contributed by atoms with Gasteiger partial charge in [-0.05, 0) is 93.9 Å². The van der Waals surface area contributed by atoms with Gasteiger partial charge in [-0.3, -0.25) is 13.7 Å². The minimum absolute atomic E-state index is 0.0318. The molecule has 0 aliphatic carbocycles. The van der Waals surface area contributed by atoms with Crippen LogP contribution in [0.4, 0.5) is 0 Å². The van der Waals surface area contributed by atoms with Crippen LogP contribution in [0, 0.1) is 6.33 Å². The fourth-order valence-electron chi connectivity index (χ4n) is 8.23. The molecule has 0 spiro atoms. The Morgan fingerprint density at radius 2 is 1.14 bits per heavy atom. The van der Waals surface area contributed by atoms with E-state index in [0.29, 0.717) is 0 Å². The van der Waals surface area contributed by atoms with Gasteiger partial charge in [-0.2, -0.15) is 0 Å². The van der Waals surface area contributed by atoms with E-state index in [0.717, 1.165) is 45.1 Å². The highest BCUT2D eigenvalue weighted by atomic mass is 16.5. The number of fused-ring (bicyclic) bond motifs is 3. The third-order valence-electron chi connectivity index (χ3n) is 12.0. The van der Waals surface area contributed by atoms with Crippen molar-refractivity contribution in [1.29, 1.82) is 0 Å². The Labute approximate surface area is 347 Å². The van der Waals surface area contributed by atoms with Crippen molar-refractivity contribution in [2.75, 3.05) is 0 Å². The zero-order valence-electron chi connectivity index (χ0n) is 34.9. The first kappa shape index (κ1) is 37.8. The van der Waals surface area contributed by atoms with Gasteiger partial charge >= 0.3 is 0 Å². The largest absolute Gasteiger partial charge is 0.458 e. The van der Waals surface area contributed by atoms with E-state index in [4.69, 9.17) is 9.72 Å². The minimum Gasteiger partial charge on any atom is -0.458 e. The van der Waals surface area contributed by atoms with Crippen LogP contribution in [0.3, 0.4) is 0 Å². The average Bonchev–Trinajstić information content (AvgIpc) is 3.88. The van der Waals surface area contributed by atoms with Crippen LogP contribution in [0.15, 0.2) is 176 Å². The summed E-state index contributed by atoms with van der Waals surface area (Å²) >= 11 is 0. The molecule has 0 N–H and O–H groups in total. The van der Waals surface area contributed by atoms with Crippen molar-refractivity contribution in [2.24, 2.45) is 0 Å². The number of benzene rings is 6. The van der Waals surface area contributed by atoms with Gasteiger partial charge in [0.05, 0.1) is 22.4 Å². The lowest BCUT2D eigenvalue weighted by Crippen LogP contribution is -2.29. The minimum atomic E-state index is -0.198. The van der Waals surface area contributed by atoms with E-state index in [1.54, 1.807) is 0 Å². The number of ether oxygens (including phenoxy) is 1. The molecule has 0 bridgehead atoms. The maximum absolute atomic E-state index is 6.67. The van der Waals surface area contributed by atoms with E-state index in [9.17, 15) is 0 Å². The van der Waals surface area contributed by atoms with E-state index in [2.05, 4.69) is 205 Å². The smallest absolute Gasteiger partial charge is 0.268 e. The highest BCUT2D eigenvalue weighted by molar-refractivity contribution is 6.09. The van der Waals surface area contributed by atoms with E-state index < -0.39 is 0 Å². The van der Waals surface area contributed by atoms with Gasteiger partial charge in [0.25, 0.3) is 6.33 Å². The van der Waals surface area contributed by atoms with Gasteiger partial charge in [-0.25, -0.2) is 4.98 Å². The summed E-state index contributed by atoms with van der Waals surface area (Å²) in [5.74, 6) is 2.38. The van der Waals surface area contributed by atoms with Crippen LogP contribution in [0.1, 0.15) is 76.3 Å². The Morgan fingerprint density at radius 3 is 1.83 bits per heavy atom. The predicted octanol–water partition coefficient (Wildman–Crippen LogP) is 12.8. The Bertz CT molecular complexity index is 2950. The zero-order valence-corrected chi connectivity index (χ0v) is 34.9. The van der Waals surface area contributed by atoms with Crippen LogP contribution in [-0.2, 0) is 16.2 Å². The molecule has 3 heterocycles. The molecule has 59 heavy (non-hydrogen) atoms. The lowest BCUT2D eigenvalue weighted by atomic mass is 9.78. The van der Waals surface area contributed by atoms with Crippen molar-refractivity contribution in [2.45, 2.75) is 64.7 Å². The van der Waals surface area contributed by atoms with Crippen molar-refractivity contribution in [3.05, 3.63) is 210 Å². The van der Waals surface area contributed by atoms with Crippen molar-refractivity contribution in [3.63, 3.8) is 0 Å². The highest BCUT2D eigenvalue weighted by Crippen LogP contribution is 2.40. The number of hydrogen-bond donors (Lipinski definition) is 0. The number of pyridine rings is 1. The SMILES string of the molecule is CC(C)(C)c1ccnc(-n2c3cc(Oc4cccc(-n5[c-][n+](-c6cccc(C(C)(C)c7ccccc7)c6)cc5)c4)ccc3c3ccc(C(C)(C)c4ccccc4)cc32)c1. The average molecular weight is 771 g/mol. The molecule has 0 unspecified atom stereocenters. The van der Waals surface area contributed by atoms with Crippen LogP contribution in [0.25, 0.3) is 39.0 Å². The third kappa shape index (κ3) is 7.12. The number of nitrogens with zero attached hydrogens (tertiary/aromatic N) is 4. The Balaban J connectivity index is 1.07. The second-order valence-corrected chi connectivity index (χ2v) is 17.7. The number of rotatable bonds is 9. The monoisotopic (exact) mass is 770 g/mol. The summed E-state index contributed by atoms with van der Waals surface area (Å²) in [7, 11) is 0. The van der Waals surface area contributed by atoms with E-state index in [1.807, 2.05) is 39.9 Å². The van der Waals surface area contributed by atoms with E-state index in [-0.39, 0.29) is 16.2 Å². The molecule has 3 aromatic heterocycles. The van der Waals surface area contributed by atoms with Crippen molar-refractivity contribution >= 4 is 21.8 Å². The number of imidazole rings is 1. The van der Waals surface area contributed by atoms with Crippen LogP contribution in [-0.4, -0.2) is 14.1 Å². The second-order valence-electron chi connectivity index (χ2n) is 17.7. The molecule has 0 saturated heterocycles. The molecule has 0 saturated carbocycles. The molecule has 292 valence electrons.